The van der Waals surface area contributed by atoms with Crippen molar-refractivity contribution in [1.82, 2.24) is 9.78 Å². The quantitative estimate of drug-likeness (QED) is 0.904. The fourth-order valence-corrected chi connectivity index (χ4v) is 2.59. The maximum Gasteiger partial charge on any atom is 0.0825 e. The molecule has 2 aromatic rings. The van der Waals surface area contributed by atoms with Crippen molar-refractivity contribution >= 4 is 5.69 Å². The Morgan fingerprint density at radius 1 is 1.21 bits per heavy atom. The van der Waals surface area contributed by atoms with Crippen molar-refractivity contribution in [3.63, 3.8) is 0 Å². The van der Waals surface area contributed by atoms with Crippen LogP contribution in [0.25, 0.3) is 0 Å². The summed E-state index contributed by atoms with van der Waals surface area (Å²) in [6.07, 6.45) is 4.72. The highest BCUT2D eigenvalue weighted by Crippen LogP contribution is 2.43. The Balaban J connectivity index is 1.85. The molecule has 1 fully saturated rings. The van der Waals surface area contributed by atoms with Gasteiger partial charge in [-0.15, -0.1) is 0 Å². The van der Waals surface area contributed by atoms with Crippen LogP contribution in [0.15, 0.2) is 30.5 Å². The normalized spacial score (nSPS) is 16.4. The minimum absolute atomic E-state index is 0.420. The van der Waals surface area contributed by atoms with Gasteiger partial charge in [-0.2, -0.15) is 5.10 Å². The molecule has 0 bridgehead atoms. The first kappa shape index (κ1) is 12.3. The first-order valence-electron chi connectivity index (χ1n) is 6.97. The molecule has 1 N–H and O–H groups in total. The molecule has 1 saturated carbocycles. The number of hydrogen-bond donors (Lipinski definition) is 1. The maximum atomic E-state index is 4.41. The Morgan fingerprint density at radius 2 is 1.89 bits per heavy atom. The van der Waals surface area contributed by atoms with E-state index in [4.69, 9.17) is 0 Å². The van der Waals surface area contributed by atoms with Crippen molar-refractivity contribution in [3.05, 3.63) is 47.3 Å². The van der Waals surface area contributed by atoms with E-state index in [0.717, 1.165) is 17.3 Å². The SMILES string of the molecule is Cc1ccc(C(Nc2cn(C)nc2C)C2CC2)cc1. The van der Waals surface area contributed by atoms with Gasteiger partial charge in [0.15, 0.2) is 0 Å². The second kappa shape index (κ2) is 4.72. The van der Waals surface area contributed by atoms with E-state index in [0.29, 0.717) is 6.04 Å². The highest BCUT2D eigenvalue weighted by Gasteiger charge is 2.32. The van der Waals surface area contributed by atoms with E-state index >= 15 is 0 Å². The fraction of sp³-hybridized carbons (Fsp3) is 0.438. The summed E-state index contributed by atoms with van der Waals surface area (Å²) in [7, 11) is 1.97. The molecule has 1 unspecified atom stereocenters. The number of rotatable bonds is 4. The largest absolute Gasteiger partial charge is 0.375 e. The average molecular weight is 255 g/mol. The van der Waals surface area contributed by atoms with Crippen LogP contribution in [-0.2, 0) is 7.05 Å². The van der Waals surface area contributed by atoms with Crippen molar-refractivity contribution < 1.29 is 0 Å². The third-order valence-corrected chi connectivity index (χ3v) is 3.85. The number of nitrogens with one attached hydrogen (secondary N) is 1. The molecular formula is C16H21N3. The predicted molar refractivity (Wildman–Crippen MR) is 78.2 cm³/mol. The molecule has 1 aromatic carbocycles. The highest BCUT2D eigenvalue weighted by molar-refractivity contribution is 5.48. The molecule has 0 spiro atoms. The summed E-state index contributed by atoms with van der Waals surface area (Å²) in [5, 5.41) is 8.09. The van der Waals surface area contributed by atoms with Crippen LogP contribution < -0.4 is 5.32 Å². The lowest BCUT2D eigenvalue weighted by Crippen LogP contribution is -2.13. The van der Waals surface area contributed by atoms with Crippen molar-refractivity contribution in [2.75, 3.05) is 5.32 Å². The summed E-state index contributed by atoms with van der Waals surface area (Å²) in [6, 6.07) is 9.31. The zero-order chi connectivity index (χ0) is 13.4. The molecular weight excluding hydrogens is 234 g/mol. The van der Waals surface area contributed by atoms with Gasteiger partial charge in [-0.25, -0.2) is 0 Å². The summed E-state index contributed by atoms with van der Waals surface area (Å²) in [5.41, 5.74) is 4.92. The molecule has 3 rings (SSSR count). The number of aromatic nitrogens is 2. The van der Waals surface area contributed by atoms with Gasteiger partial charge in [0.1, 0.15) is 0 Å². The lowest BCUT2D eigenvalue weighted by Gasteiger charge is -2.19. The topological polar surface area (TPSA) is 29.9 Å². The van der Waals surface area contributed by atoms with Crippen LogP contribution in [0, 0.1) is 19.8 Å². The van der Waals surface area contributed by atoms with Crippen LogP contribution in [0.1, 0.15) is 35.7 Å². The van der Waals surface area contributed by atoms with Gasteiger partial charge < -0.3 is 5.32 Å². The molecule has 1 aliphatic carbocycles. The van der Waals surface area contributed by atoms with E-state index in [2.05, 4.69) is 54.7 Å². The zero-order valence-corrected chi connectivity index (χ0v) is 11.9. The summed E-state index contributed by atoms with van der Waals surface area (Å²) in [5.74, 6) is 0.766. The number of aryl methyl sites for hydroxylation is 3. The first-order valence-corrected chi connectivity index (χ1v) is 6.97. The van der Waals surface area contributed by atoms with E-state index in [-0.39, 0.29) is 0 Å². The molecule has 0 radical (unpaired) electrons. The van der Waals surface area contributed by atoms with Crippen molar-refractivity contribution in [2.45, 2.75) is 32.7 Å². The number of hydrogen-bond acceptors (Lipinski definition) is 2. The highest BCUT2D eigenvalue weighted by atomic mass is 15.3. The van der Waals surface area contributed by atoms with E-state index in [1.54, 1.807) is 0 Å². The van der Waals surface area contributed by atoms with Gasteiger partial charge in [0, 0.05) is 13.2 Å². The van der Waals surface area contributed by atoms with Gasteiger partial charge >= 0.3 is 0 Å². The molecule has 1 heterocycles. The van der Waals surface area contributed by atoms with E-state index in [1.165, 1.54) is 24.0 Å². The van der Waals surface area contributed by atoms with Gasteiger partial charge in [-0.1, -0.05) is 29.8 Å². The molecule has 1 aromatic heterocycles. The standard InChI is InChI=1S/C16H21N3/c1-11-4-6-13(7-5-11)16(14-8-9-14)17-15-10-19(3)18-12(15)2/h4-7,10,14,16-17H,8-9H2,1-3H3. The van der Waals surface area contributed by atoms with Crippen LogP contribution in [0.4, 0.5) is 5.69 Å². The Kier molecular flexibility index (Phi) is 3.05. The van der Waals surface area contributed by atoms with E-state index in [9.17, 15) is 0 Å². The van der Waals surface area contributed by atoms with E-state index in [1.807, 2.05) is 11.7 Å². The summed E-state index contributed by atoms with van der Waals surface area (Å²) < 4.78 is 1.87. The second-order valence-electron chi connectivity index (χ2n) is 5.67. The van der Waals surface area contributed by atoms with Crippen molar-refractivity contribution in [1.29, 1.82) is 0 Å². The molecule has 100 valence electrons. The minimum Gasteiger partial charge on any atom is -0.375 e. The second-order valence-corrected chi connectivity index (χ2v) is 5.67. The molecule has 1 atom stereocenters. The molecule has 19 heavy (non-hydrogen) atoms. The Hall–Kier alpha value is -1.77. The van der Waals surface area contributed by atoms with Gasteiger partial charge in [0.05, 0.1) is 17.4 Å². The van der Waals surface area contributed by atoms with Crippen LogP contribution in [-0.4, -0.2) is 9.78 Å². The molecule has 0 amide bonds. The Morgan fingerprint density at radius 3 is 2.42 bits per heavy atom. The Bertz CT molecular complexity index is 564. The number of nitrogens with zero attached hydrogens (tertiary/aromatic N) is 2. The summed E-state index contributed by atoms with van der Waals surface area (Å²) in [4.78, 5) is 0. The third-order valence-electron chi connectivity index (χ3n) is 3.85. The zero-order valence-electron chi connectivity index (χ0n) is 11.9. The Labute approximate surface area is 114 Å². The van der Waals surface area contributed by atoms with Gasteiger partial charge in [-0.05, 0) is 38.2 Å². The summed E-state index contributed by atoms with van der Waals surface area (Å²) in [6.45, 7) is 4.19. The van der Waals surface area contributed by atoms with Crippen LogP contribution >= 0.6 is 0 Å². The molecule has 1 aliphatic rings. The van der Waals surface area contributed by atoms with Crippen LogP contribution in [0.5, 0.6) is 0 Å². The lowest BCUT2D eigenvalue weighted by molar-refractivity contribution is 0.678. The lowest BCUT2D eigenvalue weighted by atomic mass is 10.0. The fourth-order valence-electron chi connectivity index (χ4n) is 2.59. The smallest absolute Gasteiger partial charge is 0.0825 e. The summed E-state index contributed by atoms with van der Waals surface area (Å²) >= 11 is 0. The number of benzene rings is 1. The van der Waals surface area contributed by atoms with Crippen LogP contribution in [0.2, 0.25) is 0 Å². The minimum atomic E-state index is 0.420. The molecule has 3 heteroatoms. The monoisotopic (exact) mass is 255 g/mol. The first-order chi connectivity index (χ1) is 9.13. The molecule has 0 aliphatic heterocycles. The maximum absolute atomic E-state index is 4.41. The van der Waals surface area contributed by atoms with Gasteiger partial charge in [0.25, 0.3) is 0 Å². The molecule has 3 nitrogen and oxygen atoms in total. The van der Waals surface area contributed by atoms with Crippen molar-refractivity contribution in [3.8, 4) is 0 Å². The van der Waals surface area contributed by atoms with Crippen molar-refractivity contribution in [2.24, 2.45) is 13.0 Å². The predicted octanol–water partition coefficient (Wildman–Crippen LogP) is 3.60. The van der Waals surface area contributed by atoms with E-state index < -0.39 is 0 Å². The third kappa shape index (κ3) is 2.65. The van der Waals surface area contributed by atoms with Gasteiger partial charge in [-0.3, -0.25) is 4.68 Å². The molecule has 0 saturated heterocycles. The average Bonchev–Trinajstić information content (AvgIpc) is 3.15. The van der Waals surface area contributed by atoms with Gasteiger partial charge in [0.2, 0.25) is 0 Å². The number of anilines is 1. The van der Waals surface area contributed by atoms with Crippen LogP contribution in [0.3, 0.4) is 0 Å².